The highest BCUT2D eigenvalue weighted by Gasteiger charge is 2.09. The molecule has 0 unspecified atom stereocenters. The van der Waals surface area contributed by atoms with Gasteiger partial charge in [-0.3, -0.25) is 0 Å². The number of halogens is 1. The summed E-state index contributed by atoms with van der Waals surface area (Å²) in [5.74, 6) is 1.65. The first-order valence-electron chi connectivity index (χ1n) is 6.41. The largest absolute Gasteiger partial charge is 0.497 e. The zero-order valence-corrected chi connectivity index (χ0v) is 13.2. The van der Waals surface area contributed by atoms with Crippen LogP contribution in [0, 0.1) is 0 Å². The van der Waals surface area contributed by atoms with E-state index in [1.165, 1.54) is 0 Å². The van der Waals surface area contributed by atoms with E-state index in [9.17, 15) is 0 Å². The average molecular weight is 336 g/mol. The second-order valence-corrected chi connectivity index (χ2v) is 5.52. The number of rotatable bonds is 5. The maximum absolute atomic E-state index is 5.96. The standard InChI is InChI=1S/C16H18BrNO2/c1-11(18)15-8-5-13(17)9-16(15)20-10-12-3-6-14(19-2)7-4-12/h3-9,11H,10,18H2,1-2H3/t11-/m1/s1. The summed E-state index contributed by atoms with van der Waals surface area (Å²) in [6.07, 6.45) is 0. The molecule has 0 bridgehead atoms. The molecule has 0 saturated carbocycles. The van der Waals surface area contributed by atoms with Gasteiger partial charge in [-0.1, -0.05) is 34.1 Å². The van der Waals surface area contributed by atoms with Crippen LogP contribution < -0.4 is 15.2 Å². The monoisotopic (exact) mass is 335 g/mol. The van der Waals surface area contributed by atoms with Gasteiger partial charge in [0, 0.05) is 16.1 Å². The normalized spacial score (nSPS) is 12.0. The van der Waals surface area contributed by atoms with Gasteiger partial charge in [-0.25, -0.2) is 0 Å². The predicted molar refractivity (Wildman–Crippen MR) is 84.1 cm³/mol. The van der Waals surface area contributed by atoms with Crippen molar-refractivity contribution in [1.82, 2.24) is 0 Å². The van der Waals surface area contributed by atoms with Crippen LogP contribution in [-0.4, -0.2) is 7.11 Å². The maximum Gasteiger partial charge on any atom is 0.125 e. The Bertz CT molecular complexity index is 567. The molecular weight excluding hydrogens is 318 g/mol. The Morgan fingerprint density at radius 1 is 1.15 bits per heavy atom. The molecule has 0 aromatic heterocycles. The summed E-state index contributed by atoms with van der Waals surface area (Å²) >= 11 is 3.45. The number of benzene rings is 2. The molecule has 2 aromatic carbocycles. The highest BCUT2D eigenvalue weighted by atomic mass is 79.9. The molecule has 1 atom stereocenters. The van der Waals surface area contributed by atoms with Gasteiger partial charge in [0.25, 0.3) is 0 Å². The van der Waals surface area contributed by atoms with Crippen LogP contribution in [0.1, 0.15) is 24.1 Å². The van der Waals surface area contributed by atoms with E-state index in [4.69, 9.17) is 15.2 Å². The van der Waals surface area contributed by atoms with Gasteiger partial charge in [0.15, 0.2) is 0 Å². The van der Waals surface area contributed by atoms with Gasteiger partial charge in [0.05, 0.1) is 7.11 Å². The molecule has 0 aliphatic carbocycles. The Kier molecular flexibility index (Phi) is 5.04. The van der Waals surface area contributed by atoms with Crippen LogP contribution in [0.5, 0.6) is 11.5 Å². The van der Waals surface area contributed by atoms with Gasteiger partial charge in [0.2, 0.25) is 0 Å². The molecule has 0 radical (unpaired) electrons. The van der Waals surface area contributed by atoms with E-state index >= 15 is 0 Å². The Morgan fingerprint density at radius 2 is 1.85 bits per heavy atom. The van der Waals surface area contributed by atoms with E-state index < -0.39 is 0 Å². The lowest BCUT2D eigenvalue weighted by atomic mass is 10.1. The lowest BCUT2D eigenvalue weighted by molar-refractivity contribution is 0.301. The fourth-order valence-corrected chi connectivity index (χ4v) is 2.23. The Balaban J connectivity index is 2.11. The second kappa shape index (κ2) is 6.77. The van der Waals surface area contributed by atoms with Crippen molar-refractivity contribution in [2.75, 3.05) is 7.11 Å². The number of hydrogen-bond acceptors (Lipinski definition) is 3. The lowest BCUT2D eigenvalue weighted by Gasteiger charge is -2.14. The average Bonchev–Trinajstić information content (AvgIpc) is 2.45. The first-order chi connectivity index (χ1) is 9.60. The molecule has 4 heteroatoms. The third-order valence-corrected chi connectivity index (χ3v) is 3.51. The third kappa shape index (κ3) is 3.74. The molecule has 20 heavy (non-hydrogen) atoms. The summed E-state index contributed by atoms with van der Waals surface area (Å²) in [4.78, 5) is 0. The van der Waals surface area contributed by atoms with Gasteiger partial charge in [0.1, 0.15) is 18.1 Å². The van der Waals surface area contributed by atoms with E-state index in [2.05, 4.69) is 15.9 Å². The Labute approximate surface area is 127 Å². The quantitative estimate of drug-likeness (QED) is 0.896. The first-order valence-corrected chi connectivity index (χ1v) is 7.20. The summed E-state index contributed by atoms with van der Waals surface area (Å²) in [6, 6.07) is 13.7. The van der Waals surface area contributed by atoms with E-state index in [1.54, 1.807) is 7.11 Å². The van der Waals surface area contributed by atoms with Crippen molar-refractivity contribution in [3.05, 3.63) is 58.1 Å². The second-order valence-electron chi connectivity index (χ2n) is 4.61. The van der Waals surface area contributed by atoms with Crippen LogP contribution in [0.25, 0.3) is 0 Å². The zero-order chi connectivity index (χ0) is 14.5. The van der Waals surface area contributed by atoms with Crippen LogP contribution in [0.2, 0.25) is 0 Å². The molecule has 2 N–H and O–H groups in total. The van der Waals surface area contributed by atoms with Crippen molar-refractivity contribution in [3.63, 3.8) is 0 Å². The Hall–Kier alpha value is -1.52. The van der Waals surface area contributed by atoms with Crippen molar-refractivity contribution in [1.29, 1.82) is 0 Å². The molecule has 0 saturated heterocycles. The molecule has 0 fully saturated rings. The van der Waals surface area contributed by atoms with Crippen LogP contribution >= 0.6 is 15.9 Å². The molecule has 0 heterocycles. The minimum Gasteiger partial charge on any atom is -0.497 e. The van der Waals surface area contributed by atoms with Gasteiger partial charge >= 0.3 is 0 Å². The fourth-order valence-electron chi connectivity index (χ4n) is 1.89. The first kappa shape index (κ1) is 14.9. The van der Waals surface area contributed by atoms with Gasteiger partial charge in [-0.2, -0.15) is 0 Å². The highest BCUT2D eigenvalue weighted by molar-refractivity contribution is 9.10. The number of nitrogens with two attached hydrogens (primary N) is 1. The van der Waals surface area contributed by atoms with E-state index in [0.29, 0.717) is 6.61 Å². The molecule has 0 spiro atoms. The van der Waals surface area contributed by atoms with Gasteiger partial charge < -0.3 is 15.2 Å². The fraction of sp³-hybridized carbons (Fsp3) is 0.250. The summed E-state index contributed by atoms with van der Waals surface area (Å²) in [5, 5.41) is 0. The van der Waals surface area contributed by atoms with Gasteiger partial charge in [-0.15, -0.1) is 0 Å². The topological polar surface area (TPSA) is 44.5 Å². The van der Waals surface area contributed by atoms with E-state index in [1.807, 2.05) is 49.4 Å². The third-order valence-electron chi connectivity index (χ3n) is 3.02. The zero-order valence-electron chi connectivity index (χ0n) is 11.6. The number of methoxy groups -OCH3 is 1. The summed E-state index contributed by atoms with van der Waals surface area (Å²) in [7, 11) is 1.65. The molecule has 0 aliphatic heterocycles. The Morgan fingerprint density at radius 3 is 2.45 bits per heavy atom. The van der Waals surface area contributed by atoms with Crippen LogP contribution in [0.4, 0.5) is 0 Å². The molecule has 2 aromatic rings. The SMILES string of the molecule is COc1ccc(COc2cc(Br)ccc2[C@@H](C)N)cc1. The number of hydrogen-bond donors (Lipinski definition) is 1. The lowest BCUT2D eigenvalue weighted by Crippen LogP contribution is -2.08. The summed E-state index contributed by atoms with van der Waals surface area (Å²) < 4.78 is 12.0. The van der Waals surface area contributed by atoms with E-state index in [-0.39, 0.29) is 6.04 Å². The summed E-state index contributed by atoms with van der Waals surface area (Å²) in [6.45, 7) is 2.45. The van der Waals surface area contributed by atoms with Gasteiger partial charge in [-0.05, 0) is 36.8 Å². The van der Waals surface area contributed by atoms with Crippen molar-refractivity contribution in [2.24, 2.45) is 5.73 Å². The molecule has 0 aliphatic rings. The van der Waals surface area contributed by atoms with Crippen LogP contribution in [0.3, 0.4) is 0 Å². The van der Waals surface area contributed by atoms with E-state index in [0.717, 1.165) is 27.1 Å². The molecule has 2 rings (SSSR count). The molecule has 106 valence electrons. The van der Waals surface area contributed by atoms with Crippen molar-refractivity contribution < 1.29 is 9.47 Å². The van der Waals surface area contributed by atoms with Crippen molar-refractivity contribution in [2.45, 2.75) is 19.6 Å². The van der Waals surface area contributed by atoms with Crippen LogP contribution in [-0.2, 0) is 6.61 Å². The minimum absolute atomic E-state index is 0.0611. The molecule has 3 nitrogen and oxygen atoms in total. The highest BCUT2D eigenvalue weighted by Crippen LogP contribution is 2.28. The molecule has 0 amide bonds. The molecular formula is C16H18BrNO2. The van der Waals surface area contributed by atoms with Crippen LogP contribution in [0.15, 0.2) is 46.9 Å². The van der Waals surface area contributed by atoms with Crippen molar-refractivity contribution in [3.8, 4) is 11.5 Å². The summed E-state index contributed by atoms with van der Waals surface area (Å²) in [5.41, 5.74) is 8.05. The predicted octanol–water partition coefficient (Wildman–Crippen LogP) is 4.06. The van der Waals surface area contributed by atoms with Crippen molar-refractivity contribution >= 4 is 15.9 Å². The number of ether oxygens (including phenoxy) is 2. The smallest absolute Gasteiger partial charge is 0.125 e. The minimum atomic E-state index is -0.0611. The maximum atomic E-state index is 5.96.